The molecule has 0 aliphatic rings. The number of nitrogens with two attached hydrogens (primary N) is 1. The van der Waals surface area contributed by atoms with Crippen LogP contribution in [0.15, 0.2) is 35.4 Å². The van der Waals surface area contributed by atoms with Gasteiger partial charge in [0.1, 0.15) is 0 Å². The Morgan fingerprint density at radius 1 is 1.31 bits per heavy atom. The van der Waals surface area contributed by atoms with E-state index in [1.807, 2.05) is 30.1 Å². The second kappa shape index (κ2) is 4.74. The number of pyridine rings is 1. The zero-order valence-corrected chi connectivity index (χ0v) is 10.4. The molecule has 0 unspecified atom stereocenters. The molecule has 0 fully saturated rings. The van der Waals surface area contributed by atoms with E-state index in [0.29, 0.717) is 5.92 Å². The first kappa shape index (κ1) is 11.3. The van der Waals surface area contributed by atoms with Gasteiger partial charge in [0, 0.05) is 22.2 Å². The molecule has 1 aromatic carbocycles. The van der Waals surface area contributed by atoms with Gasteiger partial charge in [0.05, 0.1) is 11.2 Å². The molecule has 2 N–H and O–H groups in total. The minimum Gasteiger partial charge on any atom is -0.397 e. The normalized spacial score (nSPS) is 11.2. The highest BCUT2D eigenvalue weighted by Crippen LogP contribution is 2.30. The summed E-state index contributed by atoms with van der Waals surface area (Å²) < 4.78 is 0. The monoisotopic (exact) mass is 232 g/mol. The molecule has 2 nitrogen and oxygen atoms in total. The number of para-hydroxylation sites is 1. The zero-order valence-electron chi connectivity index (χ0n) is 9.60. The maximum atomic E-state index is 5.91. The van der Waals surface area contributed by atoms with E-state index >= 15 is 0 Å². The largest absolute Gasteiger partial charge is 0.397 e. The minimum atomic E-state index is 0.689. The third kappa shape index (κ3) is 2.30. The first-order valence-electron chi connectivity index (χ1n) is 5.44. The van der Waals surface area contributed by atoms with Crippen molar-refractivity contribution in [2.45, 2.75) is 18.7 Å². The van der Waals surface area contributed by atoms with Crippen molar-refractivity contribution in [2.24, 2.45) is 5.92 Å². The fourth-order valence-corrected chi connectivity index (χ4v) is 2.55. The number of fused-ring (bicyclic) bond motifs is 1. The second-order valence-electron chi connectivity index (χ2n) is 4.26. The smallest absolute Gasteiger partial charge is 0.0942 e. The van der Waals surface area contributed by atoms with Crippen LogP contribution in [-0.2, 0) is 0 Å². The van der Waals surface area contributed by atoms with Crippen molar-refractivity contribution in [3.8, 4) is 0 Å². The Balaban J connectivity index is 2.42. The van der Waals surface area contributed by atoms with Crippen LogP contribution in [0.5, 0.6) is 0 Å². The number of nitrogen functional groups attached to an aromatic ring is 1. The Bertz CT molecular complexity index is 494. The molecule has 1 heterocycles. The fourth-order valence-electron chi connectivity index (χ4n) is 1.56. The summed E-state index contributed by atoms with van der Waals surface area (Å²) in [6, 6.07) is 8.03. The molecule has 0 spiro atoms. The summed E-state index contributed by atoms with van der Waals surface area (Å²) in [7, 11) is 0. The molecule has 16 heavy (non-hydrogen) atoms. The van der Waals surface area contributed by atoms with Crippen molar-refractivity contribution in [1.29, 1.82) is 0 Å². The molecule has 0 radical (unpaired) electrons. The molecular formula is C13H16N2S. The van der Waals surface area contributed by atoms with E-state index < -0.39 is 0 Å². The van der Waals surface area contributed by atoms with Gasteiger partial charge in [0.2, 0.25) is 0 Å². The van der Waals surface area contributed by atoms with Crippen LogP contribution in [0, 0.1) is 5.92 Å². The molecule has 0 bridgehead atoms. The maximum Gasteiger partial charge on any atom is 0.0942 e. The molecule has 1 aromatic heterocycles. The Morgan fingerprint density at radius 2 is 2.12 bits per heavy atom. The molecule has 0 aliphatic heterocycles. The zero-order chi connectivity index (χ0) is 11.5. The number of hydrogen-bond acceptors (Lipinski definition) is 3. The van der Waals surface area contributed by atoms with Gasteiger partial charge in [-0.15, -0.1) is 11.8 Å². The topological polar surface area (TPSA) is 38.9 Å². The molecule has 2 aromatic rings. The average Bonchev–Trinajstić information content (AvgIpc) is 2.27. The van der Waals surface area contributed by atoms with Crippen molar-refractivity contribution in [3.05, 3.63) is 30.5 Å². The van der Waals surface area contributed by atoms with E-state index in [9.17, 15) is 0 Å². The lowest BCUT2D eigenvalue weighted by molar-refractivity contribution is 0.750. The van der Waals surface area contributed by atoms with E-state index in [1.54, 1.807) is 0 Å². The highest BCUT2D eigenvalue weighted by atomic mass is 32.2. The molecule has 0 aliphatic carbocycles. The van der Waals surface area contributed by atoms with Crippen LogP contribution in [0.4, 0.5) is 5.69 Å². The van der Waals surface area contributed by atoms with Gasteiger partial charge in [-0.2, -0.15) is 0 Å². The molecule has 3 heteroatoms. The molecule has 0 saturated carbocycles. The molecule has 0 atom stereocenters. The van der Waals surface area contributed by atoms with E-state index in [0.717, 1.165) is 22.3 Å². The summed E-state index contributed by atoms with van der Waals surface area (Å²) in [5, 5.41) is 1.16. The summed E-state index contributed by atoms with van der Waals surface area (Å²) in [5.74, 6) is 1.81. The number of rotatable bonds is 3. The van der Waals surface area contributed by atoms with Crippen LogP contribution in [0.1, 0.15) is 13.8 Å². The van der Waals surface area contributed by atoms with Gasteiger partial charge >= 0.3 is 0 Å². The molecule has 84 valence electrons. The van der Waals surface area contributed by atoms with E-state index in [1.165, 1.54) is 4.90 Å². The lowest BCUT2D eigenvalue weighted by atomic mass is 10.2. The van der Waals surface area contributed by atoms with E-state index in [2.05, 4.69) is 31.0 Å². The third-order valence-electron chi connectivity index (χ3n) is 2.33. The Morgan fingerprint density at radius 3 is 2.88 bits per heavy atom. The second-order valence-corrected chi connectivity index (χ2v) is 5.32. The standard InChI is InChI=1S/C13H16N2S/c1-9(2)8-16-12-6-7-15-13-10(12)4-3-5-11(13)14/h3-7,9H,8,14H2,1-2H3. The quantitative estimate of drug-likeness (QED) is 0.649. The molecule has 2 rings (SSSR count). The summed E-state index contributed by atoms with van der Waals surface area (Å²) >= 11 is 1.87. The molecule has 0 saturated heterocycles. The third-order valence-corrected chi connectivity index (χ3v) is 3.83. The van der Waals surface area contributed by atoms with Gasteiger partial charge in [-0.05, 0) is 18.1 Å². The van der Waals surface area contributed by atoms with Crippen molar-refractivity contribution in [3.63, 3.8) is 0 Å². The number of nitrogens with zero attached hydrogens (tertiary/aromatic N) is 1. The van der Waals surface area contributed by atoms with Crippen LogP contribution in [0.2, 0.25) is 0 Å². The van der Waals surface area contributed by atoms with E-state index in [4.69, 9.17) is 5.73 Å². The number of aromatic nitrogens is 1. The number of thioether (sulfide) groups is 1. The van der Waals surface area contributed by atoms with Gasteiger partial charge in [0.25, 0.3) is 0 Å². The summed E-state index contributed by atoms with van der Waals surface area (Å²) in [6.45, 7) is 4.45. The summed E-state index contributed by atoms with van der Waals surface area (Å²) in [5.41, 5.74) is 7.58. The molecular weight excluding hydrogens is 216 g/mol. The predicted molar refractivity (Wildman–Crippen MR) is 71.7 cm³/mol. The number of hydrogen-bond donors (Lipinski definition) is 1. The Hall–Kier alpha value is -1.22. The van der Waals surface area contributed by atoms with Gasteiger partial charge in [0.15, 0.2) is 0 Å². The van der Waals surface area contributed by atoms with Crippen LogP contribution >= 0.6 is 11.8 Å². The van der Waals surface area contributed by atoms with E-state index in [-0.39, 0.29) is 0 Å². The van der Waals surface area contributed by atoms with Crippen molar-refractivity contribution < 1.29 is 0 Å². The van der Waals surface area contributed by atoms with Crippen LogP contribution in [-0.4, -0.2) is 10.7 Å². The summed E-state index contributed by atoms with van der Waals surface area (Å²) in [4.78, 5) is 5.60. The van der Waals surface area contributed by atoms with Crippen LogP contribution in [0.25, 0.3) is 10.9 Å². The lowest BCUT2D eigenvalue weighted by Crippen LogP contribution is -1.93. The highest BCUT2D eigenvalue weighted by molar-refractivity contribution is 7.99. The van der Waals surface area contributed by atoms with Crippen molar-refractivity contribution >= 4 is 28.4 Å². The first-order valence-corrected chi connectivity index (χ1v) is 6.43. The van der Waals surface area contributed by atoms with Gasteiger partial charge in [-0.25, -0.2) is 0 Å². The van der Waals surface area contributed by atoms with Gasteiger partial charge in [-0.3, -0.25) is 4.98 Å². The number of benzene rings is 1. The highest BCUT2D eigenvalue weighted by Gasteiger charge is 2.05. The minimum absolute atomic E-state index is 0.689. The van der Waals surface area contributed by atoms with Crippen LogP contribution in [0.3, 0.4) is 0 Å². The van der Waals surface area contributed by atoms with Crippen molar-refractivity contribution in [2.75, 3.05) is 11.5 Å². The van der Waals surface area contributed by atoms with Gasteiger partial charge < -0.3 is 5.73 Å². The van der Waals surface area contributed by atoms with Crippen LogP contribution < -0.4 is 5.73 Å². The van der Waals surface area contributed by atoms with Gasteiger partial charge in [-0.1, -0.05) is 26.0 Å². The Labute approximate surface area is 100 Å². The summed E-state index contributed by atoms with van der Waals surface area (Å²) in [6.07, 6.45) is 1.83. The Kier molecular flexibility index (Phi) is 3.34. The molecule has 0 amide bonds. The van der Waals surface area contributed by atoms with Crippen molar-refractivity contribution in [1.82, 2.24) is 4.98 Å². The maximum absolute atomic E-state index is 5.91. The predicted octanol–water partition coefficient (Wildman–Crippen LogP) is 3.57. The average molecular weight is 232 g/mol. The fraction of sp³-hybridized carbons (Fsp3) is 0.308. The SMILES string of the molecule is CC(C)CSc1ccnc2c(N)cccc12. The first-order chi connectivity index (χ1) is 7.68. The lowest BCUT2D eigenvalue weighted by Gasteiger charge is -2.08. The number of anilines is 1.